The van der Waals surface area contributed by atoms with Gasteiger partial charge in [-0.2, -0.15) is 0 Å². The molecule has 1 amide bonds. The molecule has 0 spiro atoms. The number of amides is 1. The molecule has 0 bridgehead atoms. The van der Waals surface area contributed by atoms with E-state index in [2.05, 4.69) is 10.0 Å². The number of nitrogens with one attached hydrogen (secondary N) is 2. The van der Waals surface area contributed by atoms with Gasteiger partial charge in [-0.05, 0) is 49.2 Å². The van der Waals surface area contributed by atoms with Crippen molar-refractivity contribution in [2.75, 3.05) is 0 Å². The van der Waals surface area contributed by atoms with Crippen LogP contribution in [0.4, 0.5) is 0 Å². The van der Waals surface area contributed by atoms with Crippen LogP contribution in [0.25, 0.3) is 0 Å². The van der Waals surface area contributed by atoms with Gasteiger partial charge in [0.25, 0.3) is 5.91 Å². The van der Waals surface area contributed by atoms with Crippen LogP contribution in [0.3, 0.4) is 0 Å². The highest BCUT2D eigenvalue weighted by atomic mass is 35.5. The van der Waals surface area contributed by atoms with Gasteiger partial charge in [-0.15, -0.1) is 0 Å². The molecule has 0 atom stereocenters. The van der Waals surface area contributed by atoms with Crippen LogP contribution >= 0.6 is 11.6 Å². The van der Waals surface area contributed by atoms with Gasteiger partial charge in [0.2, 0.25) is 10.0 Å². The molecule has 0 aliphatic heterocycles. The third kappa shape index (κ3) is 6.49. The Hall–Kier alpha value is -1.89. The van der Waals surface area contributed by atoms with E-state index in [4.69, 9.17) is 11.6 Å². The summed E-state index contributed by atoms with van der Waals surface area (Å²) >= 11 is 5.80. The maximum absolute atomic E-state index is 12.0. The molecule has 7 heteroatoms. The van der Waals surface area contributed by atoms with Crippen molar-refractivity contribution in [3.05, 3.63) is 70.2 Å². The Morgan fingerprint density at radius 3 is 2.12 bits per heavy atom. The van der Waals surface area contributed by atoms with Gasteiger partial charge in [-0.25, -0.2) is 13.1 Å². The largest absolute Gasteiger partial charge is 0.348 e. The minimum Gasteiger partial charge on any atom is -0.348 e. The summed E-state index contributed by atoms with van der Waals surface area (Å²) in [5.74, 6) is -0.257. The summed E-state index contributed by atoms with van der Waals surface area (Å²) in [6.07, 6.45) is 0. The highest BCUT2D eigenvalue weighted by Crippen LogP contribution is 2.11. The third-order valence-corrected chi connectivity index (χ3v) is 5.15. The predicted octanol–water partition coefficient (Wildman–Crippen LogP) is 3.10. The lowest BCUT2D eigenvalue weighted by Crippen LogP contribution is -2.31. The average molecular weight is 381 g/mol. The topological polar surface area (TPSA) is 75.3 Å². The summed E-state index contributed by atoms with van der Waals surface area (Å²) in [6.45, 7) is 3.92. The predicted molar refractivity (Wildman–Crippen MR) is 100.0 cm³/mol. The minimum absolute atomic E-state index is 0.0669. The fraction of sp³-hybridized carbons (Fsp3) is 0.278. The highest BCUT2D eigenvalue weighted by molar-refractivity contribution is 7.88. The van der Waals surface area contributed by atoms with E-state index in [1.807, 2.05) is 12.1 Å². The van der Waals surface area contributed by atoms with Crippen molar-refractivity contribution < 1.29 is 13.2 Å². The smallest absolute Gasteiger partial charge is 0.251 e. The lowest BCUT2D eigenvalue weighted by Gasteiger charge is -2.10. The second-order valence-corrected chi connectivity index (χ2v) is 8.23. The van der Waals surface area contributed by atoms with Gasteiger partial charge in [-0.1, -0.05) is 35.9 Å². The van der Waals surface area contributed by atoms with Crippen molar-refractivity contribution in [3.8, 4) is 0 Å². The standard InChI is InChI=1S/C18H21ClN2O3S/c1-13(2)21-25(23,24)12-15-5-3-14(4-6-15)11-20-18(22)16-7-9-17(19)10-8-16/h3-10,13,21H,11-12H2,1-2H3,(H,20,22). The molecule has 0 aromatic heterocycles. The molecule has 2 rings (SSSR count). The SMILES string of the molecule is CC(C)NS(=O)(=O)Cc1ccc(CNC(=O)c2ccc(Cl)cc2)cc1. The van der Waals surface area contributed by atoms with E-state index in [0.29, 0.717) is 22.7 Å². The van der Waals surface area contributed by atoms with Gasteiger partial charge in [0.05, 0.1) is 5.75 Å². The highest BCUT2D eigenvalue weighted by Gasteiger charge is 2.13. The zero-order chi connectivity index (χ0) is 18.4. The van der Waals surface area contributed by atoms with Crippen LogP contribution in [0.2, 0.25) is 5.02 Å². The molecule has 2 N–H and O–H groups in total. The number of rotatable bonds is 7. The van der Waals surface area contributed by atoms with E-state index in [-0.39, 0.29) is 17.7 Å². The van der Waals surface area contributed by atoms with Gasteiger partial charge >= 0.3 is 0 Å². The van der Waals surface area contributed by atoms with Crippen molar-refractivity contribution in [2.24, 2.45) is 0 Å². The van der Waals surface area contributed by atoms with Crippen molar-refractivity contribution in [3.63, 3.8) is 0 Å². The number of benzene rings is 2. The number of hydrogen-bond donors (Lipinski definition) is 2. The molecule has 0 aliphatic carbocycles. The quantitative estimate of drug-likeness (QED) is 0.775. The van der Waals surface area contributed by atoms with Gasteiger partial charge in [0.1, 0.15) is 0 Å². The molecule has 2 aromatic carbocycles. The molecule has 134 valence electrons. The molecule has 0 saturated heterocycles. The second-order valence-electron chi connectivity index (χ2n) is 6.04. The fourth-order valence-corrected chi connectivity index (χ4v) is 3.82. The molecule has 0 heterocycles. The number of halogens is 1. The Morgan fingerprint density at radius 2 is 1.56 bits per heavy atom. The first kappa shape index (κ1) is 19.4. The average Bonchev–Trinajstić information content (AvgIpc) is 2.53. The molecule has 2 aromatic rings. The Labute approximate surface area is 153 Å². The van der Waals surface area contributed by atoms with Crippen molar-refractivity contribution in [1.82, 2.24) is 10.0 Å². The Bertz CT molecular complexity index is 816. The normalized spacial score (nSPS) is 11.5. The summed E-state index contributed by atoms with van der Waals surface area (Å²) in [6, 6.07) is 13.6. The zero-order valence-corrected chi connectivity index (χ0v) is 15.7. The lowest BCUT2D eigenvalue weighted by atomic mass is 10.1. The van der Waals surface area contributed by atoms with E-state index in [0.717, 1.165) is 5.56 Å². The van der Waals surface area contributed by atoms with Crippen LogP contribution in [-0.4, -0.2) is 20.4 Å². The molecule has 5 nitrogen and oxygen atoms in total. The number of sulfonamides is 1. The first-order valence-corrected chi connectivity index (χ1v) is 9.90. The minimum atomic E-state index is -3.34. The van der Waals surface area contributed by atoms with Crippen LogP contribution in [0, 0.1) is 0 Å². The van der Waals surface area contributed by atoms with Crippen LogP contribution in [0.1, 0.15) is 35.3 Å². The van der Waals surface area contributed by atoms with E-state index in [9.17, 15) is 13.2 Å². The molecule has 0 aliphatic rings. The number of carbonyl (C=O) groups is 1. The summed E-state index contributed by atoms with van der Waals surface area (Å²) in [4.78, 5) is 12.0. The summed E-state index contributed by atoms with van der Waals surface area (Å²) in [5, 5.41) is 3.39. The van der Waals surface area contributed by atoms with E-state index >= 15 is 0 Å². The maximum atomic E-state index is 12.0. The lowest BCUT2D eigenvalue weighted by molar-refractivity contribution is 0.0951. The van der Waals surface area contributed by atoms with E-state index in [1.165, 1.54) is 0 Å². The first-order valence-electron chi connectivity index (χ1n) is 7.87. The monoisotopic (exact) mass is 380 g/mol. The fourth-order valence-electron chi connectivity index (χ4n) is 2.26. The Balaban J connectivity index is 1.92. The zero-order valence-electron chi connectivity index (χ0n) is 14.1. The second kappa shape index (κ2) is 8.47. The molecular weight excluding hydrogens is 360 g/mol. The van der Waals surface area contributed by atoms with Crippen LogP contribution in [-0.2, 0) is 22.3 Å². The van der Waals surface area contributed by atoms with Crippen LogP contribution in [0.5, 0.6) is 0 Å². The van der Waals surface area contributed by atoms with Crippen molar-refractivity contribution in [2.45, 2.75) is 32.2 Å². The van der Waals surface area contributed by atoms with Crippen LogP contribution < -0.4 is 10.0 Å². The molecule has 0 saturated carbocycles. The first-order chi connectivity index (χ1) is 11.7. The van der Waals surface area contributed by atoms with Crippen LogP contribution in [0.15, 0.2) is 48.5 Å². The van der Waals surface area contributed by atoms with Gasteiger partial charge < -0.3 is 5.32 Å². The van der Waals surface area contributed by atoms with E-state index in [1.54, 1.807) is 50.2 Å². The van der Waals surface area contributed by atoms with Crippen molar-refractivity contribution in [1.29, 1.82) is 0 Å². The molecule has 0 unspecified atom stereocenters. The molecule has 0 radical (unpaired) electrons. The summed E-state index contributed by atoms with van der Waals surface area (Å²) in [7, 11) is -3.34. The Morgan fingerprint density at radius 1 is 1.00 bits per heavy atom. The number of carbonyl (C=O) groups excluding carboxylic acids is 1. The maximum Gasteiger partial charge on any atom is 0.251 e. The number of hydrogen-bond acceptors (Lipinski definition) is 3. The van der Waals surface area contributed by atoms with Gasteiger partial charge in [-0.3, -0.25) is 4.79 Å². The van der Waals surface area contributed by atoms with E-state index < -0.39 is 10.0 Å². The van der Waals surface area contributed by atoms with Gasteiger partial charge in [0, 0.05) is 23.2 Å². The third-order valence-electron chi connectivity index (χ3n) is 3.35. The molecule has 0 fully saturated rings. The van der Waals surface area contributed by atoms with Crippen molar-refractivity contribution >= 4 is 27.5 Å². The Kier molecular flexibility index (Phi) is 6.58. The summed E-state index contributed by atoms with van der Waals surface area (Å²) < 4.78 is 26.4. The summed E-state index contributed by atoms with van der Waals surface area (Å²) in [5.41, 5.74) is 2.12. The van der Waals surface area contributed by atoms with Gasteiger partial charge in [0.15, 0.2) is 0 Å². The molecule has 25 heavy (non-hydrogen) atoms. The molecular formula is C18H21ClN2O3S.